The summed E-state index contributed by atoms with van der Waals surface area (Å²) in [4.78, 5) is 88.5. The van der Waals surface area contributed by atoms with Crippen molar-refractivity contribution in [1.29, 1.82) is 0 Å². The van der Waals surface area contributed by atoms with E-state index in [1.807, 2.05) is 0 Å². The van der Waals surface area contributed by atoms with Crippen molar-refractivity contribution in [1.82, 2.24) is 30.2 Å². The summed E-state index contributed by atoms with van der Waals surface area (Å²) in [6.07, 6.45) is 43.2. The van der Waals surface area contributed by atoms with Gasteiger partial charge in [0.1, 0.15) is 24.0 Å². The van der Waals surface area contributed by atoms with Crippen LogP contribution in [0.25, 0.3) is 11.2 Å². The number of hydrogen-bond donors (Lipinski definition) is 6. The molecular formula is C70H121N9O8S. The molecule has 0 fully saturated rings. The lowest BCUT2D eigenvalue weighted by Gasteiger charge is -2.19. The number of amides is 1. The first kappa shape index (κ1) is 77.4. The van der Waals surface area contributed by atoms with E-state index in [9.17, 15) is 28.8 Å². The van der Waals surface area contributed by atoms with Crippen molar-refractivity contribution in [2.24, 2.45) is 5.73 Å². The molecule has 17 nitrogen and oxygen atoms in total. The Labute approximate surface area is 534 Å². The largest absolute Gasteiger partial charge is 0.462 e. The smallest absolute Gasteiger partial charge is 0.328 e. The van der Waals surface area contributed by atoms with Crippen LogP contribution >= 0.6 is 11.8 Å². The normalized spacial score (nSPS) is 12.1. The van der Waals surface area contributed by atoms with Crippen LogP contribution in [0.1, 0.15) is 300 Å². The summed E-state index contributed by atoms with van der Waals surface area (Å²) in [6.45, 7) is 9.81. The summed E-state index contributed by atoms with van der Waals surface area (Å²) >= 11 is 1.49. The molecule has 0 aliphatic heterocycles. The molecule has 0 aliphatic rings. The van der Waals surface area contributed by atoms with E-state index < -0.39 is 12.1 Å². The number of rotatable bonds is 60. The molecule has 0 bridgehead atoms. The molecule has 1 unspecified atom stereocenters. The second-order valence-electron chi connectivity index (χ2n) is 24.6. The lowest BCUT2D eigenvalue weighted by atomic mass is 10.0. The first-order chi connectivity index (χ1) is 42.9. The van der Waals surface area contributed by atoms with Crippen molar-refractivity contribution >= 4 is 64.1 Å². The highest BCUT2D eigenvalue weighted by Crippen LogP contribution is 2.21. The van der Waals surface area contributed by atoms with Gasteiger partial charge in [-0.15, -0.1) is 0 Å². The molecule has 18 heteroatoms. The molecule has 2 atom stereocenters. The fourth-order valence-corrected chi connectivity index (χ4v) is 11.9. The molecule has 0 saturated carbocycles. The predicted octanol–water partition coefficient (Wildman–Crippen LogP) is 15.2. The number of esters is 2. The van der Waals surface area contributed by atoms with Crippen LogP contribution in [0.15, 0.2) is 29.1 Å². The zero-order chi connectivity index (χ0) is 63.5. The van der Waals surface area contributed by atoms with E-state index in [1.54, 1.807) is 24.3 Å². The summed E-state index contributed by atoms with van der Waals surface area (Å²) < 4.78 is 13.0. The highest BCUT2D eigenvalue weighted by Gasteiger charge is 2.21. The zero-order valence-electron chi connectivity index (χ0n) is 55.3. The highest BCUT2D eigenvalue weighted by atomic mass is 32.2. The number of nitrogens with zero attached hydrogens (tertiary/aromatic N) is 3. The number of carbonyl (C=O) groups excluding carboxylic acids is 5. The zero-order valence-corrected chi connectivity index (χ0v) is 56.1. The van der Waals surface area contributed by atoms with Crippen molar-refractivity contribution < 1.29 is 33.4 Å². The van der Waals surface area contributed by atoms with E-state index in [0.29, 0.717) is 66.5 Å². The summed E-state index contributed by atoms with van der Waals surface area (Å²) in [7, 11) is 0. The van der Waals surface area contributed by atoms with Crippen LogP contribution < -0.4 is 33.1 Å². The molecule has 0 aliphatic carbocycles. The lowest BCUT2D eigenvalue weighted by Crippen LogP contribution is -2.34. The first-order valence-corrected chi connectivity index (χ1v) is 36.4. The number of aromatic amines is 1. The molecule has 0 spiro atoms. The molecule has 500 valence electrons. The number of thioether (sulfide) groups is 1. The maximum absolute atomic E-state index is 13.0. The number of nitrogens with one attached hydrogen (secondary N) is 4. The van der Waals surface area contributed by atoms with Gasteiger partial charge in [0.2, 0.25) is 11.9 Å². The van der Waals surface area contributed by atoms with Crippen LogP contribution in [0.5, 0.6) is 0 Å². The molecule has 3 rings (SSSR count). The quantitative estimate of drug-likeness (QED) is 0.0175. The Bertz CT molecular complexity index is 2360. The van der Waals surface area contributed by atoms with E-state index >= 15 is 0 Å². The maximum Gasteiger partial charge on any atom is 0.328 e. The Morgan fingerprint density at radius 3 is 1.61 bits per heavy atom. The SMILES string of the molecule is CCCCCCCCCCCCCCCC(=O)OCC(CSC[C@H](N)C(=O)CCCCCCCCCNCCCNC(=O)CCC(=O)c1ccc(Cn2c(=O)[nH]c3c(N)nc(NCCCC)nc32)cc1)OC(=O)CCCCCCCCCCCCCCC. The summed E-state index contributed by atoms with van der Waals surface area (Å²) in [6, 6.07) is 6.45. The number of nitrogen functional groups attached to an aromatic ring is 1. The molecule has 0 saturated heterocycles. The molecule has 3 aromatic rings. The van der Waals surface area contributed by atoms with Gasteiger partial charge in [-0.2, -0.15) is 21.7 Å². The van der Waals surface area contributed by atoms with Crippen LogP contribution in [0.3, 0.4) is 0 Å². The van der Waals surface area contributed by atoms with Crippen LogP contribution in [-0.2, 0) is 35.2 Å². The van der Waals surface area contributed by atoms with Crippen molar-refractivity contribution in [2.45, 2.75) is 303 Å². The van der Waals surface area contributed by atoms with Gasteiger partial charge in [0.15, 0.2) is 17.2 Å². The first-order valence-electron chi connectivity index (χ1n) is 35.3. The number of fused-ring (bicyclic) bond motifs is 1. The highest BCUT2D eigenvalue weighted by molar-refractivity contribution is 7.99. The number of Topliss-reactive ketones (excluding diaryl/α,β-unsaturated/α-hetero) is 2. The number of unbranched alkanes of at least 4 members (excludes halogenated alkanes) is 31. The summed E-state index contributed by atoms with van der Waals surface area (Å²) in [5.74, 6) is 0.685. The third-order valence-electron chi connectivity index (χ3n) is 16.5. The Hall–Kier alpha value is -4.81. The monoisotopic (exact) mass is 1250 g/mol. The van der Waals surface area contributed by atoms with Gasteiger partial charge in [0.25, 0.3) is 0 Å². The van der Waals surface area contributed by atoms with Gasteiger partial charge < -0.3 is 41.9 Å². The van der Waals surface area contributed by atoms with Gasteiger partial charge in [-0.3, -0.25) is 28.5 Å². The third-order valence-corrected chi connectivity index (χ3v) is 17.7. The van der Waals surface area contributed by atoms with Crippen molar-refractivity contribution in [3.8, 4) is 0 Å². The number of imidazole rings is 1. The number of hydrogen-bond acceptors (Lipinski definition) is 15. The fourth-order valence-electron chi connectivity index (χ4n) is 10.9. The molecule has 1 amide bonds. The molecule has 2 aromatic heterocycles. The summed E-state index contributed by atoms with van der Waals surface area (Å²) in [5.41, 5.74) is 14.2. The standard InChI is InChI=1S/C70H121N9O8S/c1-4-7-10-12-14-16-18-20-22-24-28-32-36-41-64(83)86-54-59(87-65(84)42-37-33-29-25-23-21-19-17-15-13-11-8-5-2)55-88-56-60(71)62(81)40-35-31-27-26-30-34-38-49-73-50-39-52-74-63(82)48-47-61(80)58-45-43-57(44-46-58)53-79-68-66(76-70(79)85)67(72)77-69(78-68)75-51-9-6-3/h43-46,59-60,73H,4-42,47-56,71H2,1-3H3,(H,74,82)(H,76,85)(H3,72,75,77,78)/t59?,60-/m0/s1. The second kappa shape index (κ2) is 51.9. The number of benzene rings is 1. The molecule has 88 heavy (non-hydrogen) atoms. The van der Waals surface area contributed by atoms with Crippen LogP contribution in [-0.4, -0.2) is 105 Å². The van der Waals surface area contributed by atoms with E-state index in [4.69, 9.17) is 20.9 Å². The lowest BCUT2D eigenvalue weighted by molar-refractivity contribution is -0.157. The molecular weight excluding hydrogens is 1130 g/mol. The fraction of sp³-hybridized carbons (Fsp3) is 0.771. The van der Waals surface area contributed by atoms with Gasteiger partial charge in [0, 0.05) is 62.3 Å². The van der Waals surface area contributed by atoms with Crippen molar-refractivity contribution in [3.05, 3.63) is 45.9 Å². The second-order valence-corrected chi connectivity index (χ2v) is 25.7. The number of carbonyl (C=O) groups is 5. The van der Waals surface area contributed by atoms with E-state index in [-0.39, 0.29) is 66.9 Å². The third kappa shape index (κ3) is 38.0. The topological polar surface area (TPSA) is 256 Å². The minimum atomic E-state index is -0.591. The van der Waals surface area contributed by atoms with E-state index in [0.717, 1.165) is 121 Å². The van der Waals surface area contributed by atoms with Crippen molar-refractivity contribution in [2.75, 3.05) is 55.3 Å². The van der Waals surface area contributed by atoms with Crippen LogP contribution in [0.4, 0.5) is 11.8 Å². The van der Waals surface area contributed by atoms with E-state index in [2.05, 4.69) is 51.7 Å². The number of anilines is 2. The number of H-pyrrole nitrogens is 1. The van der Waals surface area contributed by atoms with Gasteiger partial charge in [-0.1, -0.05) is 238 Å². The maximum atomic E-state index is 13.0. The van der Waals surface area contributed by atoms with Crippen LogP contribution in [0, 0.1) is 0 Å². The van der Waals surface area contributed by atoms with Crippen LogP contribution in [0.2, 0.25) is 0 Å². The number of ether oxygens (including phenoxy) is 2. The number of nitrogens with two attached hydrogens (primary N) is 2. The average molecular weight is 1250 g/mol. The molecule has 2 heterocycles. The molecule has 0 radical (unpaired) electrons. The van der Waals surface area contributed by atoms with Gasteiger partial charge in [-0.05, 0) is 57.2 Å². The van der Waals surface area contributed by atoms with Crippen molar-refractivity contribution in [3.63, 3.8) is 0 Å². The Balaban J connectivity index is 1.21. The minimum Gasteiger partial charge on any atom is -0.462 e. The van der Waals surface area contributed by atoms with Gasteiger partial charge >= 0.3 is 17.6 Å². The molecule has 1 aromatic carbocycles. The Kier molecular flexibility index (Phi) is 45.7. The van der Waals surface area contributed by atoms with E-state index in [1.165, 1.54) is 145 Å². The Morgan fingerprint density at radius 1 is 0.557 bits per heavy atom. The predicted molar refractivity (Wildman–Crippen MR) is 364 cm³/mol. The Morgan fingerprint density at radius 2 is 1.06 bits per heavy atom. The number of aromatic nitrogens is 4. The average Bonchev–Trinajstić information content (AvgIpc) is 3.58. The summed E-state index contributed by atoms with van der Waals surface area (Å²) in [5, 5.41) is 9.54. The van der Waals surface area contributed by atoms with Gasteiger partial charge in [-0.25, -0.2) is 4.79 Å². The molecule has 8 N–H and O–H groups in total. The minimum absolute atomic E-state index is 0.0263. The number of ketones is 2. The van der Waals surface area contributed by atoms with Gasteiger partial charge in [0.05, 0.1) is 12.6 Å².